The van der Waals surface area contributed by atoms with Gasteiger partial charge < -0.3 is 4.74 Å². The molecular weight excluding hydrogens is 222 g/mol. The van der Waals surface area contributed by atoms with Gasteiger partial charge in [-0.1, -0.05) is 6.07 Å². The fraction of sp³-hybridized carbons (Fsp3) is 0.455. The summed E-state index contributed by atoms with van der Waals surface area (Å²) in [4.78, 5) is 0. The van der Waals surface area contributed by atoms with Gasteiger partial charge in [-0.15, -0.1) is 11.6 Å². The molecule has 0 amide bonds. The maximum absolute atomic E-state index is 12.0. The van der Waals surface area contributed by atoms with Crippen LogP contribution < -0.4 is 4.74 Å². The van der Waals surface area contributed by atoms with E-state index in [4.69, 9.17) is 11.6 Å². The van der Waals surface area contributed by atoms with Crippen LogP contribution in [0.1, 0.15) is 17.5 Å². The summed E-state index contributed by atoms with van der Waals surface area (Å²) in [7, 11) is 0. The molecule has 0 aromatic heterocycles. The Balaban J connectivity index is 2.75. The lowest BCUT2D eigenvalue weighted by atomic mass is 10.0. The number of alkyl halides is 3. The van der Waals surface area contributed by atoms with Crippen LogP contribution in [0.3, 0.4) is 0 Å². The van der Waals surface area contributed by atoms with Gasteiger partial charge in [-0.3, -0.25) is 0 Å². The second kappa shape index (κ2) is 5.91. The summed E-state index contributed by atoms with van der Waals surface area (Å²) in [5, 5.41) is 0. The molecule has 0 N–H and O–H groups in total. The third-order valence-corrected chi connectivity index (χ3v) is 2.39. The fourth-order valence-electron chi connectivity index (χ4n) is 1.35. The molecule has 1 aromatic carbocycles. The first-order valence-corrected chi connectivity index (χ1v) is 5.27. The van der Waals surface area contributed by atoms with E-state index in [1.54, 1.807) is 18.2 Å². The average Bonchev–Trinajstić information content (AvgIpc) is 2.18. The predicted molar refractivity (Wildman–Crippen MR) is 56.9 cm³/mol. The van der Waals surface area contributed by atoms with Crippen LogP contribution in [-0.4, -0.2) is 12.5 Å². The van der Waals surface area contributed by atoms with Gasteiger partial charge in [0.25, 0.3) is 0 Å². The molecule has 15 heavy (non-hydrogen) atoms. The van der Waals surface area contributed by atoms with Crippen LogP contribution in [0.25, 0.3) is 0 Å². The zero-order chi connectivity index (χ0) is 11.3. The van der Waals surface area contributed by atoms with Crippen molar-refractivity contribution < 1.29 is 13.5 Å². The van der Waals surface area contributed by atoms with Gasteiger partial charge in [-0.25, -0.2) is 0 Å². The molecule has 0 heterocycles. The van der Waals surface area contributed by atoms with Crippen LogP contribution >= 0.6 is 11.6 Å². The van der Waals surface area contributed by atoms with Gasteiger partial charge in [-0.05, 0) is 43.0 Å². The van der Waals surface area contributed by atoms with Gasteiger partial charge >= 0.3 is 6.61 Å². The lowest BCUT2D eigenvalue weighted by molar-refractivity contribution is -0.0498. The SMILES string of the molecule is Cc1ccc(OC(F)F)cc1CCCCl. The van der Waals surface area contributed by atoms with E-state index < -0.39 is 6.61 Å². The number of rotatable bonds is 5. The second-order valence-electron chi connectivity index (χ2n) is 3.26. The van der Waals surface area contributed by atoms with Crippen molar-refractivity contribution in [2.45, 2.75) is 26.4 Å². The van der Waals surface area contributed by atoms with E-state index in [-0.39, 0.29) is 5.75 Å². The zero-order valence-corrected chi connectivity index (χ0v) is 9.23. The highest BCUT2D eigenvalue weighted by atomic mass is 35.5. The lowest BCUT2D eigenvalue weighted by Gasteiger charge is -2.09. The number of hydrogen-bond donors (Lipinski definition) is 0. The van der Waals surface area contributed by atoms with Gasteiger partial charge in [0.2, 0.25) is 0 Å². The summed E-state index contributed by atoms with van der Waals surface area (Å²) in [6.45, 7) is -0.830. The third kappa shape index (κ3) is 4.04. The number of ether oxygens (including phenoxy) is 1. The Kier molecular flexibility index (Phi) is 4.82. The predicted octanol–water partition coefficient (Wildman–Crippen LogP) is 3.77. The molecule has 0 aliphatic heterocycles. The normalized spacial score (nSPS) is 10.7. The van der Waals surface area contributed by atoms with Gasteiger partial charge in [-0.2, -0.15) is 8.78 Å². The van der Waals surface area contributed by atoms with Crippen molar-refractivity contribution in [1.82, 2.24) is 0 Å². The Morgan fingerprint density at radius 3 is 2.73 bits per heavy atom. The van der Waals surface area contributed by atoms with Crippen molar-refractivity contribution in [3.63, 3.8) is 0 Å². The molecular formula is C11H13ClF2O. The Bertz CT molecular complexity index is 315. The van der Waals surface area contributed by atoms with Gasteiger partial charge in [0.15, 0.2) is 0 Å². The van der Waals surface area contributed by atoms with Crippen LogP contribution in [0.15, 0.2) is 18.2 Å². The van der Waals surface area contributed by atoms with E-state index in [9.17, 15) is 8.78 Å². The highest BCUT2D eigenvalue weighted by Crippen LogP contribution is 2.20. The standard InChI is InChI=1S/C11H13ClF2O/c1-8-4-5-10(15-11(13)14)7-9(8)3-2-6-12/h4-5,7,11H,2-3,6H2,1H3. The molecule has 1 nitrogen and oxygen atoms in total. The quantitative estimate of drug-likeness (QED) is 0.705. The Morgan fingerprint density at radius 1 is 1.40 bits per heavy atom. The molecule has 1 aromatic rings. The Labute approximate surface area is 93.0 Å². The molecule has 4 heteroatoms. The average molecular weight is 235 g/mol. The summed E-state index contributed by atoms with van der Waals surface area (Å²) < 4.78 is 28.2. The van der Waals surface area contributed by atoms with Crippen LogP contribution in [0.4, 0.5) is 8.78 Å². The fourth-order valence-corrected chi connectivity index (χ4v) is 1.48. The molecule has 0 aliphatic rings. The van der Waals surface area contributed by atoms with Crippen molar-refractivity contribution in [1.29, 1.82) is 0 Å². The van der Waals surface area contributed by atoms with Gasteiger partial charge in [0.1, 0.15) is 5.75 Å². The number of halogens is 3. The van der Waals surface area contributed by atoms with E-state index in [1.165, 1.54) is 0 Å². The van der Waals surface area contributed by atoms with Crippen molar-refractivity contribution in [3.8, 4) is 5.75 Å². The smallest absolute Gasteiger partial charge is 0.387 e. The van der Waals surface area contributed by atoms with Gasteiger partial charge in [0.05, 0.1) is 0 Å². The van der Waals surface area contributed by atoms with E-state index in [0.29, 0.717) is 5.88 Å². The highest BCUT2D eigenvalue weighted by molar-refractivity contribution is 6.17. The molecule has 0 atom stereocenters. The molecule has 84 valence electrons. The molecule has 0 unspecified atom stereocenters. The summed E-state index contributed by atoms with van der Waals surface area (Å²) in [6.07, 6.45) is 1.62. The highest BCUT2D eigenvalue weighted by Gasteiger charge is 2.06. The summed E-state index contributed by atoms with van der Waals surface area (Å²) >= 11 is 5.58. The van der Waals surface area contributed by atoms with Gasteiger partial charge in [0, 0.05) is 5.88 Å². The zero-order valence-electron chi connectivity index (χ0n) is 8.47. The molecule has 0 fully saturated rings. The van der Waals surface area contributed by atoms with Crippen LogP contribution in [0.2, 0.25) is 0 Å². The topological polar surface area (TPSA) is 9.23 Å². The van der Waals surface area contributed by atoms with Crippen molar-refractivity contribution >= 4 is 11.6 Å². The molecule has 0 saturated heterocycles. The van der Waals surface area contributed by atoms with E-state index in [1.807, 2.05) is 6.92 Å². The van der Waals surface area contributed by atoms with E-state index >= 15 is 0 Å². The first-order valence-electron chi connectivity index (χ1n) is 4.74. The van der Waals surface area contributed by atoms with Crippen molar-refractivity contribution in [2.75, 3.05) is 5.88 Å². The van der Waals surface area contributed by atoms with Crippen molar-refractivity contribution in [2.24, 2.45) is 0 Å². The first kappa shape index (κ1) is 12.2. The maximum atomic E-state index is 12.0. The van der Waals surface area contributed by atoms with Crippen LogP contribution in [0, 0.1) is 6.92 Å². The Morgan fingerprint density at radius 2 is 2.13 bits per heavy atom. The summed E-state index contributed by atoms with van der Waals surface area (Å²) in [5.74, 6) is 0.777. The summed E-state index contributed by atoms with van der Waals surface area (Å²) in [5.41, 5.74) is 2.08. The molecule has 0 saturated carbocycles. The number of aryl methyl sites for hydroxylation is 2. The third-order valence-electron chi connectivity index (χ3n) is 2.13. The van der Waals surface area contributed by atoms with Crippen LogP contribution in [0.5, 0.6) is 5.75 Å². The largest absolute Gasteiger partial charge is 0.435 e. The number of benzene rings is 1. The Hall–Kier alpha value is -0.830. The second-order valence-corrected chi connectivity index (χ2v) is 3.64. The molecule has 0 aliphatic carbocycles. The summed E-state index contributed by atoms with van der Waals surface area (Å²) in [6, 6.07) is 4.97. The van der Waals surface area contributed by atoms with Crippen molar-refractivity contribution in [3.05, 3.63) is 29.3 Å². The molecule has 0 spiro atoms. The first-order chi connectivity index (χ1) is 7.13. The number of hydrogen-bond acceptors (Lipinski definition) is 1. The maximum Gasteiger partial charge on any atom is 0.387 e. The van der Waals surface area contributed by atoms with Crippen LogP contribution in [-0.2, 0) is 6.42 Å². The monoisotopic (exact) mass is 234 g/mol. The van der Waals surface area contributed by atoms with E-state index in [0.717, 1.165) is 24.0 Å². The van der Waals surface area contributed by atoms with E-state index in [2.05, 4.69) is 4.74 Å². The molecule has 0 bridgehead atoms. The minimum absolute atomic E-state index is 0.208. The minimum Gasteiger partial charge on any atom is -0.435 e. The lowest BCUT2D eigenvalue weighted by Crippen LogP contribution is -2.02. The molecule has 1 rings (SSSR count). The molecule has 0 radical (unpaired) electrons. The minimum atomic E-state index is -2.77.